The Kier molecular flexibility index (Phi) is 15.5. The van der Waals surface area contributed by atoms with Gasteiger partial charge in [-0.1, -0.05) is 149 Å². The van der Waals surface area contributed by atoms with Crippen LogP contribution >= 0.6 is 0 Å². The molecule has 3 aliphatic carbocycles. The zero-order valence-electron chi connectivity index (χ0n) is 27.4. The smallest absolute Gasteiger partial charge is 0.310 e. The molecule has 0 unspecified atom stereocenters. The molecular weight excluding hydrogens is 488 g/mol. The van der Waals surface area contributed by atoms with Gasteiger partial charge in [0.05, 0.1) is 5.41 Å². The van der Waals surface area contributed by atoms with Gasteiger partial charge >= 0.3 is 5.97 Å². The highest BCUT2D eigenvalue weighted by Crippen LogP contribution is 2.64. The molecule has 2 heteroatoms. The van der Waals surface area contributed by atoms with Crippen molar-refractivity contribution in [1.82, 2.24) is 0 Å². The summed E-state index contributed by atoms with van der Waals surface area (Å²) in [5.74, 6) is 0.484. The molecule has 234 valence electrons. The molecule has 0 atom stereocenters. The minimum Gasteiger partial charge on any atom is -0.481 e. The topological polar surface area (TPSA) is 37.3 Å². The number of hydrogen-bond acceptors (Lipinski definition) is 1. The summed E-state index contributed by atoms with van der Waals surface area (Å²) in [7, 11) is 0. The molecule has 0 heterocycles. The maximum absolute atomic E-state index is 13.2. The first-order valence-electron chi connectivity index (χ1n) is 18.8. The summed E-state index contributed by atoms with van der Waals surface area (Å²) in [5, 5.41) is 10.9. The minimum atomic E-state index is -0.440. The Balaban J connectivity index is 1.67. The molecule has 3 rings (SSSR count). The summed E-state index contributed by atoms with van der Waals surface area (Å²) in [6.45, 7) is 4.61. The van der Waals surface area contributed by atoms with Crippen molar-refractivity contribution in [3.05, 3.63) is 0 Å². The zero-order chi connectivity index (χ0) is 28.6. The molecule has 0 aromatic heterocycles. The van der Waals surface area contributed by atoms with E-state index in [1.54, 1.807) is 0 Å². The Bertz CT molecular complexity index is 661. The van der Waals surface area contributed by atoms with Crippen LogP contribution in [0.3, 0.4) is 0 Å². The predicted molar refractivity (Wildman–Crippen MR) is 173 cm³/mol. The number of carboxylic acid groups (broad SMARTS) is 1. The molecule has 0 aromatic rings. The summed E-state index contributed by atoms with van der Waals surface area (Å²) < 4.78 is 0. The van der Waals surface area contributed by atoms with Gasteiger partial charge in [0, 0.05) is 0 Å². The largest absolute Gasteiger partial charge is 0.481 e. The molecule has 0 radical (unpaired) electrons. The number of rotatable bonds is 20. The monoisotopic (exact) mass is 559 g/mol. The van der Waals surface area contributed by atoms with E-state index in [1.165, 1.54) is 173 Å². The summed E-state index contributed by atoms with van der Waals surface area (Å²) in [6, 6.07) is 0. The van der Waals surface area contributed by atoms with E-state index in [4.69, 9.17) is 0 Å². The van der Waals surface area contributed by atoms with Crippen molar-refractivity contribution >= 4 is 5.97 Å². The molecule has 0 saturated heterocycles. The highest BCUT2D eigenvalue weighted by atomic mass is 16.4. The van der Waals surface area contributed by atoms with Crippen LogP contribution < -0.4 is 0 Å². The Labute approximate surface area is 250 Å². The summed E-state index contributed by atoms with van der Waals surface area (Å²) >= 11 is 0. The van der Waals surface area contributed by atoms with E-state index in [0.717, 1.165) is 31.6 Å². The van der Waals surface area contributed by atoms with Gasteiger partial charge in [0.15, 0.2) is 0 Å². The fourth-order valence-electron chi connectivity index (χ4n) is 9.93. The van der Waals surface area contributed by atoms with Gasteiger partial charge < -0.3 is 5.11 Å². The van der Waals surface area contributed by atoms with Crippen LogP contribution in [0.5, 0.6) is 0 Å². The van der Waals surface area contributed by atoms with Crippen molar-refractivity contribution in [1.29, 1.82) is 0 Å². The van der Waals surface area contributed by atoms with Gasteiger partial charge in [-0.2, -0.15) is 0 Å². The van der Waals surface area contributed by atoms with Crippen molar-refractivity contribution in [2.75, 3.05) is 0 Å². The Morgan fingerprint density at radius 2 is 1.00 bits per heavy atom. The highest BCUT2D eigenvalue weighted by Gasteiger charge is 2.59. The van der Waals surface area contributed by atoms with Crippen molar-refractivity contribution < 1.29 is 9.90 Å². The van der Waals surface area contributed by atoms with E-state index in [1.807, 2.05) is 0 Å². The van der Waals surface area contributed by atoms with E-state index in [-0.39, 0.29) is 5.41 Å². The second-order valence-electron chi connectivity index (χ2n) is 15.0. The molecule has 3 fully saturated rings. The lowest BCUT2D eigenvalue weighted by Gasteiger charge is -2.58. The molecule has 0 bridgehead atoms. The second kappa shape index (κ2) is 18.2. The van der Waals surface area contributed by atoms with Crippen LogP contribution in [0.4, 0.5) is 0 Å². The minimum absolute atomic E-state index is 0.0557. The van der Waals surface area contributed by atoms with Gasteiger partial charge in [0.2, 0.25) is 0 Å². The predicted octanol–water partition coefficient (Wildman–Crippen LogP) is 12.8. The van der Waals surface area contributed by atoms with Gasteiger partial charge in [-0.25, -0.2) is 0 Å². The van der Waals surface area contributed by atoms with Crippen LogP contribution in [0.1, 0.15) is 213 Å². The first kappa shape index (κ1) is 34.0. The lowest BCUT2D eigenvalue weighted by Crippen LogP contribution is -2.53. The van der Waals surface area contributed by atoms with E-state index in [0.29, 0.717) is 5.41 Å². The van der Waals surface area contributed by atoms with Gasteiger partial charge in [-0.15, -0.1) is 0 Å². The maximum Gasteiger partial charge on any atom is 0.310 e. The Hall–Kier alpha value is -0.530. The van der Waals surface area contributed by atoms with Crippen LogP contribution in [-0.2, 0) is 4.79 Å². The van der Waals surface area contributed by atoms with Crippen LogP contribution in [0.25, 0.3) is 0 Å². The molecule has 0 spiro atoms. The molecule has 2 nitrogen and oxygen atoms in total. The van der Waals surface area contributed by atoms with Gasteiger partial charge in [0.1, 0.15) is 0 Å². The summed E-state index contributed by atoms with van der Waals surface area (Å²) in [5.41, 5.74) is 0.130. The highest BCUT2D eigenvalue weighted by molar-refractivity contribution is 5.76. The molecule has 0 amide bonds. The number of aliphatic carboxylic acids is 1. The first-order chi connectivity index (χ1) is 19.5. The Morgan fingerprint density at radius 3 is 1.50 bits per heavy atom. The number of carbonyl (C=O) groups is 1. The van der Waals surface area contributed by atoms with Crippen LogP contribution in [0.15, 0.2) is 0 Å². The van der Waals surface area contributed by atoms with Crippen molar-refractivity contribution in [3.63, 3.8) is 0 Å². The van der Waals surface area contributed by atoms with Gasteiger partial charge in [-0.3, -0.25) is 4.79 Å². The third kappa shape index (κ3) is 9.23. The Morgan fingerprint density at radius 1 is 0.550 bits per heavy atom. The third-order valence-electron chi connectivity index (χ3n) is 12.6. The van der Waals surface area contributed by atoms with Gasteiger partial charge in [0.25, 0.3) is 0 Å². The van der Waals surface area contributed by atoms with Gasteiger partial charge in [-0.05, 0) is 81.0 Å². The van der Waals surface area contributed by atoms with Crippen LogP contribution in [-0.4, -0.2) is 11.1 Å². The standard InChI is InChI=1S/C38H70O2/c1-3-5-7-9-11-13-14-20-26-36(34-24-18-16-19-25-34)30-32-37(33-31-36,27-21-15-12-10-8-6-4-2)38(35(39)40)28-22-17-23-29-38/h34H,3-33H2,1-2H3,(H,39,40). The van der Waals surface area contributed by atoms with Crippen LogP contribution in [0.2, 0.25) is 0 Å². The van der Waals surface area contributed by atoms with Crippen molar-refractivity contribution in [2.24, 2.45) is 22.2 Å². The SMILES string of the molecule is CCCCCCCCCCC1(C2CCCCC2)CCC(CCCCCCCCC)(C2(C(=O)O)CCCCC2)CC1. The van der Waals surface area contributed by atoms with Crippen molar-refractivity contribution in [3.8, 4) is 0 Å². The van der Waals surface area contributed by atoms with E-state index < -0.39 is 11.4 Å². The summed E-state index contributed by atoms with van der Waals surface area (Å²) in [4.78, 5) is 13.2. The number of carboxylic acids is 1. The third-order valence-corrected chi connectivity index (χ3v) is 12.6. The number of hydrogen-bond donors (Lipinski definition) is 1. The maximum atomic E-state index is 13.2. The summed E-state index contributed by atoms with van der Waals surface area (Å²) in [6.07, 6.45) is 41.0. The quantitative estimate of drug-likeness (QED) is 0.151. The lowest BCUT2D eigenvalue weighted by molar-refractivity contribution is -0.171. The lowest BCUT2D eigenvalue weighted by atomic mass is 9.46. The van der Waals surface area contributed by atoms with Crippen LogP contribution in [0, 0.1) is 22.2 Å². The zero-order valence-corrected chi connectivity index (χ0v) is 27.4. The molecule has 1 N–H and O–H groups in total. The molecule has 3 saturated carbocycles. The first-order valence-corrected chi connectivity index (χ1v) is 18.8. The molecule has 0 aliphatic heterocycles. The van der Waals surface area contributed by atoms with E-state index in [9.17, 15) is 9.90 Å². The molecular formula is C38H70O2. The fourth-order valence-corrected chi connectivity index (χ4v) is 9.93. The molecule has 3 aliphatic rings. The second-order valence-corrected chi connectivity index (χ2v) is 15.0. The van der Waals surface area contributed by atoms with E-state index >= 15 is 0 Å². The van der Waals surface area contributed by atoms with E-state index in [2.05, 4.69) is 13.8 Å². The fraction of sp³-hybridized carbons (Fsp3) is 0.974. The van der Waals surface area contributed by atoms with Crippen molar-refractivity contribution in [2.45, 2.75) is 213 Å². The average Bonchev–Trinajstić information content (AvgIpc) is 2.99. The molecule has 0 aromatic carbocycles. The number of unbranched alkanes of at least 4 members (excludes halogenated alkanes) is 13. The average molecular weight is 559 g/mol. The normalized spacial score (nSPS) is 27.6. The molecule has 40 heavy (non-hydrogen) atoms.